The number of carbonyl (C=O) groups is 1. The van der Waals surface area contributed by atoms with Gasteiger partial charge in [0.05, 0.1) is 0 Å². The Morgan fingerprint density at radius 2 is 1.71 bits per heavy atom. The van der Waals surface area contributed by atoms with E-state index in [0.29, 0.717) is 23.0 Å². The quantitative estimate of drug-likeness (QED) is 0.410. The average Bonchev–Trinajstić information content (AvgIpc) is 3.20. The van der Waals surface area contributed by atoms with Crippen LogP contribution in [0.4, 0.5) is 0 Å². The van der Waals surface area contributed by atoms with Gasteiger partial charge in [-0.3, -0.25) is 4.79 Å². The number of methoxy groups -OCH3 is 1. The zero-order valence-corrected chi connectivity index (χ0v) is 21.4. The fourth-order valence-corrected chi connectivity index (χ4v) is 9.58. The second-order valence-corrected chi connectivity index (χ2v) is 12.6. The minimum atomic E-state index is -0.127. The molecule has 0 radical (unpaired) electrons. The molecule has 4 rings (SSSR count). The van der Waals surface area contributed by atoms with E-state index in [1.165, 1.54) is 51.4 Å². The summed E-state index contributed by atoms with van der Waals surface area (Å²) in [6.07, 6.45) is 13.7. The number of fused-ring (bicyclic) bond motifs is 5. The zero-order valence-electron chi connectivity index (χ0n) is 21.4. The molecule has 4 fully saturated rings. The van der Waals surface area contributed by atoms with E-state index in [1.807, 2.05) is 0 Å². The average molecular weight is 429 g/mol. The smallest absolute Gasteiger partial charge is 0.162 e. The lowest BCUT2D eigenvalue weighted by Crippen LogP contribution is -2.52. The fourth-order valence-electron chi connectivity index (χ4n) is 9.58. The molecular weight excluding hydrogens is 380 g/mol. The number of hydrogen-bond donors (Lipinski definition) is 0. The molecule has 0 aliphatic heterocycles. The van der Waals surface area contributed by atoms with E-state index >= 15 is 0 Å². The lowest BCUT2D eigenvalue weighted by Gasteiger charge is -2.58. The van der Waals surface area contributed by atoms with E-state index in [1.54, 1.807) is 12.7 Å². The molecule has 4 saturated carbocycles. The van der Waals surface area contributed by atoms with Crippen LogP contribution in [0.3, 0.4) is 0 Å². The van der Waals surface area contributed by atoms with Crippen molar-refractivity contribution in [1.29, 1.82) is 0 Å². The Bertz CT molecular complexity index is 708. The summed E-state index contributed by atoms with van der Waals surface area (Å²) in [6.45, 7) is 14.6. The summed E-state index contributed by atoms with van der Waals surface area (Å²) in [5.74, 6) is 5.67. The van der Waals surface area contributed by atoms with Crippen LogP contribution in [0.25, 0.3) is 0 Å². The highest BCUT2D eigenvalue weighted by molar-refractivity contribution is 5.87. The highest BCUT2D eigenvalue weighted by Gasteiger charge is 2.63. The minimum Gasteiger partial charge on any atom is -0.373 e. The first-order valence-electron chi connectivity index (χ1n) is 13.4. The maximum atomic E-state index is 12.8. The van der Waals surface area contributed by atoms with Crippen molar-refractivity contribution >= 4 is 5.78 Å². The molecule has 0 aromatic rings. The van der Waals surface area contributed by atoms with E-state index in [0.717, 1.165) is 36.0 Å². The second-order valence-electron chi connectivity index (χ2n) is 12.6. The molecular formula is C29H48O2. The molecule has 0 saturated heterocycles. The highest BCUT2D eigenvalue weighted by Crippen LogP contribution is 2.68. The van der Waals surface area contributed by atoms with Crippen molar-refractivity contribution in [3.8, 4) is 0 Å². The highest BCUT2D eigenvalue weighted by atomic mass is 16.5. The van der Waals surface area contributed by atoms with Crippen molar-refractivity contribution in [2.24, 2.45) is 52.3 Å². The first kappa shape index (κ1) is 23.5. The van der Waals surface area contributed by atoms with Gasteiger partial charge in [0.2, 0.25) is 0 Å². The van der Waals surface area contributed by atoms with Crippen LogP contribution in [0, 0.1) is 52.3 Å². The summed E-state index contributed by atoms with van der Waals surface area (Å²) in [7, 11) is 1.75. The van der Waals surface area contributed by atoms with Crippen LogP contribution < -0.4 is 0 Å². The number of allylic oxidation sites excluding steroid dienone is 2. The van der Waals surface area contributed by atoms with Gasteiger partial charge in [0.1, 0.15) is 6.10 Å². The topological polar surface area (TPSA) is 26.3 Å². The van der Waals surface area contributed by atoms with E-state index in [9.17, 15) is 4.79 Å². The van der Waals surface area contributed by atoms with Crippen LogP contribution in [-0.4, -0.2) is 19.0 Å². The van der Waals surface area contributed by atoms with E-state index in [2.05, 4.69) is 47.6 Å². The number of Topliss-reactive ketones (excluding diaryl/α,β-unsaturated/α-hetero) is 1. The molecule has 31 heavy (non-hydrogen) atoms. The van der Waals surface area contributed by atoms with Gasteiger partial charge in [0, 0.05) is 13.5 Å². The van der Waals surface area contributed by atoms with Gasteiger partial charge < -0.3 is 4.74 Å². The third-order valence-corrected chi connectivity index (χ3v) is 11.2. The summed E-state index contributed by atoms with van der Waals surface area (Å²) in [4.78, 5) is 12.8. The van der Waals surface area contributed by atoms with Gasteiger partial charge in [0.15, 0.2) is 5.78 Å². The summed E-state index contributed by atoms with van der Waals surface area (Å²) in [6, 6.07) is 0. The number of ketones is 1. The van der Waals surface area contributed by atoms with Crippen LogP contribution in [0.5, 0.6) is 0 Å². The zero-order chi connectivity index (χ0) is 22.6. The van der Waals surface area contributed by atoms with Gasteiger partial charge in [0.25, 0.3) is 0 Å². The third kappa shape index (κ3) is 3.68. The Balaban J connectivity index is 1.48. The monoisotopic (exact) mass is 428 g/mol. The predicted molar refractivity (Wildman–Crippen MR) is 129 cm³/mol. The van der Waals surface area contributed by atoms with E-state index in [4.69, 9.17) is 4.74 Å². The first-order valence-corrected chi connectivity index (χ1v) is 13.4. The Labute approximate surface area is 192 Å². The summed E-state index contributed by atoms with van der Waals surface area (Å²) >= 11 is 0. The summed E-state index contributed by atoms with van der Waals surface area (Å²) in [5.41, 5.74) is 2.34. The van der Waals surface area contributed by atoms with Crippen molar-refractivity contribution in [2.45, 2.75) is 105 Å². The minimum absolute atomic E-state index is 0.127. The van der Waals surface area contributed by atoms with Crippen molar-refractivity contribution in [3.63, 3.8) is 0 Å². The van der Waals surface area contributed by atoms with Gasteiger partial charge in [-0.15, -0.1) is 0 Å². The number of ether oxygens (including phenoxy) is 1. The second kappa shape index (κ2) is 8.62. The molecule has 4 aliphatic carbocycles. The normalized spacial score (nSPS) is 46.1. The van der Waals surface area contributed by atoms with E-state index < -0.39 is 0 Å². The Morgan fingerprint density at radius 3 is 2.35 bits per heavy atom. The summed E-state index contributed by atoms with van der Waals surface area (Å²) < 4.78 is 5.71. The molecule has 2 nitrogen and oxygen atoms in total. The lowest BCUT2D eigenvalue weighted by molar-refractivity contribution is -0.128. The molecule has 2 heteroatoms. The number of rotatable bonds is 6. The van der Waals surface area contributed by atoms with Crippen LogP contribution in [0.1, 0.15) is 99.3 Å². The Hall–Kier alpha value is -0.630. The van der Waals surface area contributed by atoms with Crippen LogP contribution in [0.15, 0.2) is 11.6 Å². The molecule has 0 spiro atoms. The number of carbonyl (C=O) groups excluding carboxylic acids is 1. The van der Waals surface area contributed by atoms with Crippen molar-refractivity contribution < 1.29 is 9.53 Å². The largest absolute Gasteiger partial charge is 0.373 e. The molecule has 9 atom stereocenters. The molecule has 4 aliphatic rings. The van der Waals surface area contributed by atoms with Crippen LogP contribution >= 0.6 is 0 Å². The molecule has 176 valence electrons. The molecule has 0 amide bonds. The summed E-state index contributed by atoms with van der Waals surface area (Å²) in [5, 5.41) is 0. The Morgan fingerprint density at radius 1 is 1.03 bits per heavy atom. The van der Waals surface area contributed by atoms with Crippen LogP contribution in [-0.2, 0) is 9.53 Å². The molecule has 0 heterocycles. The van der Waals surface area contributed by atoms with E-state index in [-0.39, 0.29) is 11.5 Å². The molecule has 0 aromatic heterocycles. The molecule has 0 aromatic carbocycles. The maximum Gasteiger partial charge on any atom is 0.162 e. The SMILES string of the molecule is C/C=C(/CCC(C)C1CCC2C3CCC4C(OC)C(=O)CC4(C)C3CCC12C)C(C)C. The molecule has 0 bridgehead atoms. The van der Waals surface area contributed by atoms with Crippen molar-refractivity contribution in [3.05, 3.63) is 11.6 Å². The fraction of sp³-hybridized carbons (Fsp3) is 0.897. The van der Waals surface area contributed by atoms with Gasteiger partial charge in [-0.2, -0.15) is 0 Å². The van der Waals surface area contributed by atoms with Crippen LogP contribution in [0.2, 0.25) is 0 Å². The maximum absolute atomic E-state index is 12.8. The standard InChI is InChI=1S/C29H48O2/c1-8-20(18(2)3)10-9-19(4)22-13-14-23-21-11-12-25-27(31-7)26(30)17-29(25,6)24(21)15-16-28(22,23)5/h8,18-19,21-25,27H,9-17H2,1-7H3/b20-8-. The van der Waals surface area contributed by atoms with Gasteiger partial charge in [-0.25, -0.2) is 0 Å². The van der Waals surface area contributed by atoms with Crippen molar-refractivity contribution in [1.82, 2.24) is 0 Å². The molecule has 0 N–H and O–H groups in total. The van der Waals surface area contributed by atoms with Gasteiger partial charge in [-0.1, -0.05) is 46.3 Å². The lowest BCUT2D eigenvalue weighted by atomic mass is 9.47. The third-order valence-electron chi connectivity index (χ3n) is 11.2. The first-order chi connectivity index (χ1) is 14.7. The predicted octanol–water partition coefficient (Wildman–Crippen LogP) is 7.47. The van der Waals surface area contributed by atoms with Gasteiger partial charge >= 0.3 is 0 Å². The Kier molecular flexibility index (Phi) is 6.54. The number of hydrogen-bond acceptors (Lipinski definition) is 2. The van der Waals surface area contributed by atoms with Crippen molar-refractivity contribution in [2.75, 3.05) is 7.11 Å². The van der Waals surface area contributed by atoms with Gasteiger partial charge in [-0.05, 0) is 111 Å². The molecule has 9 unspecified atom stereocenters.